The van der Waals surface area contributed by atoms with Crippen molar-refractivity contribution in [2.45, 2.75) is 38.7 Å². The van der Waals surface area contributed by atoms with E-state index in [0.29, 0.717) is 17.7 Å². The third-order valence-electron chi connectivity index (χ3n) is 5.11. The second kappa shape index (κ2) is 10.0. The molecule has 31 heavy (non-hydrogen) atoms. The number of benzene rings is 3. The van der Waals surface area contributed by atoms with Crippen molar-refractivity contribution in [2.24, 2.45) is 0 Å². The van der Waals surface area contributed by atoms with Gasteiger partial charge in [-0.05, 0) is 59.4 Å². The Balaban J connectivity index is 1.92. The summed E-state index contributed by atoms with van der Waals surface area (Å²) in [6, 6.07) is 10.4. The lowest BCUT2D eigenvalue weighted by Crippen LogP contribution is -2.11. The van der Waals surface area contributed by atoms with E-state index >= 15 is 0 Å². The number of hydrogen-bond donors (Lipinski definition) is 1. The van der Waals surface area contributed by atoms with Crippen molar-refractivity contribution in [3.8, 4) is 11.1 Å². The zero-order chi connectivity index (χ0) is 22.5. The summed E-state index contributed by atoms with van der Waals surface area (Å²) >= 11 is 0. The summed E-state index contributed by atoms with van der Waals surface area (Å²) in [5.74, 6) is -7.07. The van der Waals surface area contributed by atoms with Crippen LogP contribution >= 0.6 is 0 Å². The molecule has 2 nitrogen and oxygen atoms in total. The molecule has 3 rings (SSSR count). The number of aryl methyl sites for hydroxylation is 1. The van der Waals surface area contributed by atoms with Crippen LogP contribution in [0, 0.1) is 29.1 Å². The van der Waals surface area contributed by atoms with Gasteiger partial charge in [0.1, 0.15) is 17.7 Å². The van der Waals surface area contributed by atoms with E-state index in [9.17, 15) is 22.0 Å². The molecule has 1 N–H and O–H groups in total. The maximum absolute atomic E-state index is 14.8. The van der Waals surface area contributed by atoms with E-state index in [0.717, 1.165) is 43.4 Å². The van der Waals surface area contributed by atoms with Crippen molar-refractivity contribution < 1.29 is 32.1 Å². The van der Waals surface area contributed by atoms with Crippen LogP contribution in [-0.4, -0.2) is 5.26 Å². The van der Waals surface area contributed by atoms with E-state index in [1.54, 1.807) is 12.1 Å². The minimum absolute atomic E-state index is 0.243. The minimum Gasteiger partial charge on any atom is -0.251 e. The third-order valence-corrected chi connectivity index (χ3v) is 5.11. The normalized spacial score (nSPS) is 12.2. The molecule has 0 heterocycles. The van der Waals surface area contributed by atoms with Crippen molar-refractivity contribution in [1.29, 1.82) is 0 Å². The summed E-state index contributed by atoms with van der Waals surface area (Å²) in [5.41, 5.74) is 0.688. The molecule has 0 aliphatic carbocycles. The van der Waals surface area contributed by atoms with Gasteiger partial charge >= 0.3 is 0 Å². The molecule has 0 fully saturated rings. The summed E-state index contributed by atoms with van der Waals surface area (Å²) in [6.07, 6.45) is 2.31. The Kier molecular flexibility index (Phi) is 7.41. The molecule has 0 amide bonds. The lowest BCUT2D eigenvalue weighted by Gasteiger charge is -2.17. The molecule has 1 atom stereocenters. The smallest absolute Gasteiger partial charge is 0.194 e. The van der Waals surface area contributed by atoms with Crippen LogP contribution in [-0.2, 0) is 11.3 Å². The molecular formula is C24H21F5O2. The molecule has 0 spiro atoms. The van der Waals surface area contributed by atoms with Gasteiger partial charge < -0.3 is 0 Å². The van der Waals surface area contributed by atoms with Gasteiger partial charge in [0.05, 0.1) is 5.56 Å². The van der Waals surface area contributed by atoms with Crippen molar-refractivity contribution >= 4 is 0 Å². The Morgan fingerprint density at radius 2 is 1.35 bits per heavy atom. The molecule has 0 aromatic heterocycles. The summed E-state index contributed by atoms with van der Waals surface area (Å²) in [5, 5.41) is 9.17. The lowest BCUT2D eigenvalue weighted by molar-refractivity contribution is -0.271. The highest BCUT2D eigenvalue weighted by Crippen LogP contribution is 2.34. The van der Waals surface area contributed by atoms with Crippen molar-refractivity contribution in [3.05, 3.63) is 94.3 Å². The first-order valence-corrected chi connectivity index (χ1v) is 9.88. The quantitative estimate of drug-likeness (QED) is 0.131. The zero-order valence-electron chi connectivity index (χ0n) is 16.8. The SMILES string of the molecule is CCCCCc1ccc(-c2cc(F)c(C(OO)c3cc(F)c(F)c(F)c3)c(F)c2)cc1. The molecule has 1 unspecified atom stereocenters. The highest BCUT2D eigenvalue weighted by Gasteiger charge is 2.26. The van der Waals surface area contributed by atoms with Gasteiger partial charge in [0.25, 0.3) is 0 Å². The van der Waals surface area contributed by atoms with E-state index < -0.39 is 46.3 Å². The van der Waals surface area contributed by atoms with Crippen LogP contribution in [0.25, 0.3) is 11.1 Å². The van der Waals surface area contributed by atoms with Gasteiger partial charge in [-0.1, -0.05) is 44.0 Å². The standard InChI is InChI=1S/C24H21F5O2/c1-2-3-4-5-14-6-8-15(9-7-14)16-10-18(25)22(19(26)11-16)24(31-30)17-12-20(27)23(29)21(28)13-17/h6-13,24,30H,2-5H2,1H3. The average Bonchev–Trinajstić information content (AvgIpc) is 2.74. The van der Waals surface area contributed by atoms with E-state index in [-0.39, 0.29) is 5.56 Å². The molecular weight excluding hydrogens is 415 g/mol. The Hall–Kier alpha value is -2.77. The minimum atomic E-state index is -1.89. The summed E-state index contributed by atoms with van der Waals surface area (Å²) < 4.78 is 69.8. The zero-order valence-corrected chi connectivity index (χ0v) is 16.8. The molecule has 0 saturated carbocycles. The molecule has 0 bridgehead atoms. The maximum atomic E-state index is 14.8. The van der Waals surface area contributed by atoms with Gasteiger partial charge in [0.2, 0.25) is 0 Å². The number of unbranched alkanes of at least 4 members (excludes halogenated alkanes) is 2. The molecule has 0 saturated heterocycles. The van der Waals surface area contributed by atoms with Crippen LogP contribution < -0.4 is 0 Å². The highest BCUT2D eigenvalue weighted by atomic mass is 19.2. The number of halogens is 5. The van der Waals surface area contributed by atoms with E-state index in [1.807, 2.05) is 12.1 Å². The summed E-state index contributed by atoms with van der Waals surface area (Å²) in [7, 11) is 0. The fourth-order valence-corrected chi connectivity index (χ4v) is 3.45. The van der Waals surface area contributed by atoms with Crippen molar-refractivity contribution in [3.63, 3.8) is 0 Å². The highest BCUT2D eigenvalue weighted by molar-refractivity contribution is 5.64. The van der Waals surface area contributed by atoms with Gasteiger partial charge in [-0.15, -0.1) is 0 Å². The first-order chi connectivity index (χ1) is 14.8. The fraction of sp³-hybridized carbons (Fsp3) is 0.250. The Labute approximate surface area is 176 Å². The summed E-state index contributed by atoms with van der Waals surface area (Å²) in [4.78, 5) is 4.11. The third kappa shape index (κ3) is 5.11. The molecule has 3 aromatic rings. The van der Waals surface area contributed by atoms with Crippen LogP contribution in [0.2, 0.25) is 0 Å². The van der Waals surface area contributed by atoms with Gasteiger partial charge in [0.15, 0.2) is 17.5 Å². The lowest BCUT2D eigenvalue weighted by atomic mass is 9.95. The van der Waals surface area contributed by atoms with Crippen LogP contribution in [0.1, 0.15) is 49.0 Å². The maximum Gasteiger partial charge on any atom is 0.194 e. The molecule has 0 aliphatic heterocycles. The number of rotatable bonds is 8. The monoisotopic (exact) mass is 436 g/mol. The van der Waals surface area contributed by atoms with Crippen LogP contribution in [0.15, 0.2) is 48.5 Å². The Bertz CT molecular complexity index is 1000. The topological polar surface area (TPSA) is 29.5 Å². The van der Waals surface area contributed by atoms with Crippen LogP contribution in [0.4, 0.5) is 22.0 Å². The average molecular weight is 436 g/mol. The van der Waals surface area contributed by atoms with Gasteiger partial charge in [-0.25, -0.2) is 26.8 Å². The molecule has 0 aliphatic rings. The molecule has 3 aromatic carbocycles. The largest absolute Gasteiger partial charge is 0.251 e. The molecule has 7 heteroatoms. The van der Waals surface area contributed by atoms with Gasteiger partial charge in [-0.3, -0.25) is 5.26 Å². The van der Waals surface area contributed by atoms with E-state index in [4.69, 9.17) is 5.26 Å². The van der Waals surface area contributed by atoms with Crippen LogP contribution in [0.5, 0.6) is 0 Å². The van der Waals surface area contributed by atoms with Gasteiger partial charge in [-0.2, -0.15) is 0 Å². The first-order valence-electron chi connectivity index (χ1n) is 9.88. The van der Waals surface area contributed by atoms with Crippen LogP contribution in [0.3, 0.4) is 0 Å². The predicted molar refractivity (Wildman–Crippen MR) is 107 cm³/mol. The Morgan fingerprint density at radius 1 is 0.774 bits per heavy atom. The first kappa shape index (κ1) is 22.9. The second-order valence-corrected chi connectivity index (χ2v) is 7.29. The Morgan fingerprint density at radius 3 is 1.87 bits per heavy atom. The second-order valence-electron chi connectivity index (χ2n) is 7.29. The summed E-state index contributed by atoms with van der Waals surface area (Å²) in [6.45, 7) is 2.12. The van der Waals surface area contributed by atoms with E-state index in [2.05, 4.69) is 11.8 Å². The van der Waals surface area contributed by atoms with Crippen molar-refractivity contribution in [1.82, 2.24) is 0 Å². The van der Waals surface area contributed by atoms with E-state index in [1.165, 1.54) is 0 Å². The molecule has 0 radical (unpaired) electrons. The van der Waals surface area contributed by atoms with Gasteiger partial charge in [0, 0.05) is 0 Å². The van der Waals surface area contributed by atoms with Crippen molar-refractivity contribution in [2.75, 3.05) is 0 Å². The predicted octanol–water partition coefficient (Wildman–Crippen LogP) is 7.36. The molecule has 164 valence electrons. The fourth-order valence-electron chi connectivity index (χ4n) is 3.45. The number of hydrogen-bond acceptors (Lipinski definition) is 2.